The van der Waals surface area contributed by atoms with Crippen molar-refractivity contribution in [1.82, 2.24) is 14.6 Å². The maximum atomic E-state index is 8.62. The molecule has 0 aliphatic heterocycles. The Bertz CT molecular complexity index is 423. The zero-order chi connectivity index (χ0) is 7.68. The molecule has 4 heteroatoms. The van der Waals surface area contributed by atoms with Gasteiger partial charge in [0.05, 0.1) is 5.56 Å². The van der Waals surface area contributed by atoms with Crippen molar-refractivity contribution in [1.29, 1.82) is 5.26 Å². The van der Waals surface area contributed by atoms with Gasteiger partial charge in [-0.05, 0) is 12.1 Å². The van der Waals surface area contributed by atoms with Crippen LogP contribution in [-0.2, 0) is 0 Å². The molecule has 52 valence electrons. The summed E-state index contributed by atoms with van der Waals surface area (Å²) in [6.07, 6.45) is 3.37. The second kappa shape index (κ2) is 2.06. The maximum Gasteiger partial charge on any atom is 0.178 e. The fourth-order valence-corrected chi connectivity index (χ4v) is 0.938. The van der Waals surface area contributed by atoms with E-state index in [-0.39, 0.29) is 0 Å². The van der Waals surface area contributed by atoms with Gasteiger partial charge in [0.15, 0.2) is 5.65 Å². The van der Waals surface area contributed by atoms with E-state index in [1.165, 1.54) is 0 Å². The Hall–Kier alpha value is -1.89. The molecule has 0 saturated carbocycles. The number of nitrogens with zero attached hydrogens (tertiary/aromatic N) is 4. The molecule has 2 aromatic rings. The molecule has 2 aromatic heterocycles. The van der Waals surface area contributed by atoms with Crippen LogP contribution in [0.2, 0.25) is 0 Å². The van der Waals surface area contributed by atoms with Crippen LogP contribution in [0.15, 0.2) is 24.7 Å². The number of pyridine rings is 1. The Labute approximate surface area is 62.7 Å². The van der Waals surface area contributed by atoms with Gasteiger partial charge < -0.3 is 0 Å². The van der Waals surface area contributed by atoms with Crippen LogP contribution in [0.5, 0.6) is 0 Å². The van der Waals surface area contributed by atoms with E-state index in [4.69, 9.17) is 5.26 Å². The van der Waals surface area contributed by atoms with Crippen LogP contribution in [0.3, 0.4) is 0 Å². The average Bonchev–Trinajstić information content (AvgIpc) is 2.50. The summed E-state index contributed by atoms with van der Waals surface area (Å²) in [4.78, 5) is 0. The Morgan fingerprint density at radius 1 is 1.55 bits per heavy atom. The average molecular weight is 144 g/mol. The first kappa shape index (κ1) is 5.86. The third kappa shape index (κ3) is 0.749. The van der Waals surface area contributed by atoms with Crippen LogP contribution in [0, 0.1) is 11.3 Å². The van der Waals surface area contributed by atoms with E-state index >= 15 is 0 Å². The lowest BCUT2D eigenvalue weighted by molar-refractivity contribution is 1.10. The predicted molar refractivity (Wildman–Crippen MR) is 37.7 cm³/mol. The first-order valence-electron chi connectivity index (χ1n) is 3.10. The summed E-state index contributed by atoms with van der Waals surface area (Å²) in [5.41, 5.74) is 1.15. The van der Waals surface area contributed by atoms with Gasteiger partial charge in [0.1, 0.15) is 12.4 Å². The maximum absolute atomic E-state index is 8.62. The molecule has 0 saturated heterocycles. The second-order valence-corrected chi connectivity index (χ2v) is 2.10. The molecule has 0 unspecified atom stereocenters. The van der Waals surface area contributed by atoms with Crippen molar-refractivity contribution in [2.75, 3.05) is 0 Å². The van der Waals surface area contributed by atoms with Gasteiger partial charge in [-0.25, -0.2) is 0 Å². The molecule has 0 spiro atoms. The summed E-state index contributed by atoms with van der Waals surface area (Å²) in [5.74, 6) is 0. The molecule has 0 fully saturated rings. The van der Waals surface area contributed by atoms with Crippen LogP contribution in [0.1, 0.15) is 5.56 Å². The van der Waals surface area contributed by atoms with Crippen LogP contribution in [0.25, 0.3) is 5.65 Å². The van der Waals surface area contributed by atoms with E-state index in [1.807, 2.05) is 6.07 Å². The molecule has 0 aliphatic carbocycles. The van der Waals surface area contributed by atoms with Crippen molar-refractivity contribution in [3.05, 3.63) is 30.2 Å². The van der Waals surface area contributed by atoms with E-state index < -0.39 is 0 Å². The van der Waals surface area contributed by atoms with Gasteiger partial charge in [-0.3, -0.25) is 4.40 Å². The quantitative estimate of drug-likeness (QED) is 0.544. The van der Waals surface area contributed by atoms with Crippen molar-refractivity contribution in [2.24, 2.45) is 0 Å². The summed E-state index contributed by atoms with van der Waals surface area (Å²) in [5, 5.41) is 16.1. The van der Waals surface area contributed by atoms with Crippen LogP contribution in [-0.4, -0.2) is 14.6 Å². The number of fused-ring (bicyclic) bond motifs is 1. The van der Waals surface area contributed by atoms with Crippen molar-refractivity contribution in [3.8, 4) is 6.07 Å². The Morgan fingerprint density at radius 2 is 2.45 bits per heavy atom. The Morgan fingerprint density at radius 3 is 3.27 bits per heavy atom. The first-order chi connectivity index (χ1) is 5.42. The SMILES string of the molecule is N#Cc1cccn2cnnc12. The minimum Gasteiger partial charge on any atom is -0.288 e. The molecule has 0 aliphatic rings. The zero-order valence-electron chi connectivity index (χ0n) is 5.60. The highest BCUT2D eigenvalue weighted by Crippen LogP contribution is 2.04. The Balaban J connectivity index is 2.92. The summed E-state index contributed by atoms with van der Waals surface area (Å²) >= 11 is 0. The molecule has 0 amide bonds. The number of rotatable bonds is 0. The molecule has 0 radical (unpaired) electrons. The second-order valence-electron chi connectivity index (χ2n) is 2.10. The number of nitriles is 1. The zero-order valence-corrected chi connectivity index (χ0v) is 5.60. The molecule has 0 aromatic carbocycles. The van der Waals surface area contributed by atoms with Crippen LogP contribution >= 0.6 is 0 Å². The lowest BCUT2D eigenvalue weighted by atomic mass is 10.3. The van der Waals surface area contributed by atoms with E-state index in [9.17, 15) is 0 Å². The summed E-state index contributed by atoms with van der Waals surface area (Å²) in [6, 6.07) is 5.53. The van der Waals surface area contributed by atoms with Crippen LogP contribution < -0.4 is 0 Å². The molecule has 0 atom stereocenters. The third-order valence-electron chi connectivity index (χ3n) is 1.44. The fourth-order valence-electron chi connectivity index (χ4n) is 0.938. The molecule has 0 bridgehead atoms. The molecule has 2 rings (SSSR count). The van der Waals surface area contributed by atoms with E-state index in [2.05, 4.69) is 10.2 Å². The molecule has 4 nitrogen and oxygen atoms in total. The third-order valence-corrected chi connectivity index (χ3v) is 1.44. The highest BCUT2D eigenvalue weighted by atomic mass is 15.2. The molecule has 0 N–H and O–H groups in total. The van der Waals surface area contributed by atoms with Gasteiger partial charge >= 0.3 is 0 Å². The van der Waals surface area contributed by atoms with E-state index in [0.29, 0.717) is 11.2 Å². The van der Waals surface area contributed by atoms with Gasteiger partial charge in [0.2, 0.25) is 0 Å². The predicted octanol–water partition coefficient (Wildman–Crippen LogP) is 0.601. The van der Waals surface area contributed by atoms with E-state index in [1.54, 1.807) is 29.1 Å². The standard InChI is InChI=1S/C7H4N4/c8-4-6-2-1-3-11-5-9-10-7(6)11/h1-3,5H. The van der Waals surface area contributed by atoms with Crippen molar-refractivity contribution in [2.45, 2.75) is 0 Å². The first-order valence-corrected chi connectivity index (χ1v) is 3.10. The largest absolute Gasteiger partial charge is 0.288 e. The molecular formula is C7H4N4. The number of aromatic nitrogens is 3. The Kier molecular flexibility index (Phi) is 1.10. The van der Waals surface area contributed by atoms with Gasteiger partial charge in [-0.2, -0.15) is 5.26 Å². The van der Waals surface area contributed by atoms with E-state index in [0.717, 1.165) is 0 Å². The van der Waals surface area contributed by atoms with Gasteiger partial charge in [0.25, 0.3) is 0 Å². The monoisotopic (exact) mass is 144 g/mol. The molecule has 11 heavy (non-hydrogen) atoms. The highest BCUT2D eigenvalue weighted by molar-refractivity contribution is 5.53. The normalized spacial score (nSPS) is 9.73. The number of hydrogen-bond donors (Lipinski definition) is 0. The smallest absolute Gasteiger partial charge is 0.178 e. The lowest BCUT2D eigenvalue weighted by Gasteiger charge is -1.90. The van der Waals surface area contributed by atoms with Gasteiger partial charge in [0, 0.05) is 6.20 Å². The molecular weight excluding hydrogens is 140 g/mol. The molecule has 2 heterocycles. The van der Waals surface area contributed by atoms with Crippen molar-refractivity contribution < 1.29 is 0 Å². The minimum atomic E-state index is 0.546. The summed E-state index contributed by atoms with van der Waals surface area (Å²) in [6.45, 7) is 0. The topological polar surface area (TPSA) is 54.0 Å². The highest BCUT2D eigenvalue weighted by Gasteiger charge is 1.99. The minimum absolute atomic E-state index is 0.546. The number of hydrogen-bond acceptors (Lipinski definition) is 3. The summed E-state index contributed by atoms with van der Waals surface area (Å²) < 4.78 is 1.71. The lowest BCUT2D eigenvalue weighted by Crippen LogP contribution is -1.85. The summed E-state index contributed by atoms with van der Waals surface area (Å²) in [7, 11) is 0. The van der Waals surface area contributed by atoms with Crippen molar-refractivity contribution >= 4 is 5.65 Å². The van der Waals surface area contributed by atoms with Gasteiger partial charge in [-0.15, -0.1) is 10.2 Å². The van der Waals surface area contributed by atoms with Gasteiger partial charge in [-0.1, -0.05) is 0 Å². The fraction of sp³-hybridized carbons (Fsp3) is 0. The van der Waals surface area contributed by atoms with Crippen molar-refractivity contribution in [3.63, 3.8) is 0 Å². The van der Waals surface area contributed by atoms with Crippen LogP contribution in [0.4, 0.5) is 0 Å².